The van der Waals surface area contributed by atoms with Crippen molar-refractivity contribution in [2.24, 2.45) is 0 Å². The minimum Gasteiger partial charge on any atom is -0.311 e. The molecule has 4 nitrogen and oxygen atoms in total. The summed E-state index contributed by atoms with van der Waals surface area (Å²) in [5, 5.41) is 11.2. The van der Waals surface area contributed by atoms with E-state index < -0.39 is 0 Å². The summed E-state index contributed by atoms with van der Waals surface area (Å²) in [7, 11) is 0. The van der Waals surface area contributed by atoms with Crippen LogP contribution >= 0.6 is 0 Å². The number of rotatable bonds is 5. The van der Waals surface area contributed by atoms with Crippen LogP contribution in [0.15, 0.2) is 24.5 Å². The van der Waals surface area contributed by atoms with Crippen molar-refractivity contribution in [3.63, 3.8) is 0 Å². The second-order valence-electron chi connectivity index (χ2n) is 4.72. The highest BCUT2D eigenvalue weighted by Gasteiger charge is 2.03. The summed E-state index contributed by atoms with van der Waals surface area (Å²) in [5.74, 6) is 0. The molecule has 0 bridgehead atoms. The number of hydrogen-bond acceptors (Lipinski definition) is 3. The van der Waals surface area contributed by atoms with Crippen molar-refractivity contribution in [3.8, 4) is 0 Å². The Bertz CT molecular complexity index is 480. The molecule has 0 saturated heterocycles. The second kappa shape index (κ2) is 5.78. The van der Waals surface area contributed by atoms with E-state index in [1.807, 2.05) is 10.9 Å². The summed E-state index contributed by atoms with van der Waals surface area (Å²) in [4.78, 5) is 0. The van der Waals surface area contributed by atoms with Crippen LogP contribution < -0.4 is 5.32 Å². The molecule has 0 amide bonds. The van der Waals surface area contributed by atoms with E-state index in [2.05, 4.69) is 48.5 Å². The summed E-state index contributed by atoms with van der Waals surface area (Å²) in [6.45, 7) is 9.15. The highest BCUT2D eigenvalue weighted by Crippen LogP contribution is 2.15. The van der Waals surface area contributed by atoms with E-state index >= 15 is 0 Å². The molecule has 96 valence electrons. The summed E-state index contributed by atoms with van der Waals surface area (Å²) >= 11 is 0. The van der Waals surface area contributed by atoms with E-state index in [9.17, 15) is 0 Å². The largest absolute Gasteiger partial charge is 0.311 e. The standard InChI is InChI=1S/C14H20N4/c1-11-8-12(2)14(13(3)9-11)10-15-4-6-18-7-5-16-17-18/h5,7-9,15H,4,6,10H2,1-3H3. The molecule has 2 aromatic rings. The smallest absolute Gasteiger partial charge is 0.0692 e. The SMILES string of the molecule is Cc1cc(C)c(CNCCn2ccnn2)c(C)c1. The van der Waals surface area contributed by atoms with Crippen molar-refractivity contribution in [3.05, 3.63) is 46.8 Å². The quantitative estimate of drug-likeness (QED) is 0.818. The Morgan fingerprint density at radius 3 is 2.50 bits per heavy atom. The van der Waals surface area contributed by atoms with Crippen molar-refractivity contribution in [1.82, 2.24) is 20.3 Å². The first-order chi connectivity index (χ1) is 8.66. The van der Waals surface area contributed by atoms with Gasteiger partial charge in [-0.15, -0.1) is 5.10 Å². The summed E-state index contributed by atoms with van der Waals surface area (Å²) in [6.07, 6.45) is 3.58. The molecule has 0 radical (unpaired) electrons. The molecule has 1 N–H and O–H groups in total. The average Bonchev–Trinajstić information content (AvgIpc) is 2.79. The van der Waals surface area contributed by atoms with Gasteiger partial charge in [-0.3, -0.25) is 4.68 Å². The van der Waals surface area contributed by atoms with Gasteiger partial charge in [0.1, 0.15) is 0 Å². The topological polar surface area (TPSA) is 42.7 Å². The lowest BCUT2D eigenvalue weighted by atomic mass is 10.00. The number of nitrogens with zero attached hydrogens (tertiary/aromatic N) is 3. The van der Waals surface area contributed by atoms with Gasteiger partial charge in [0.25, 0.3) is 0 Å². The molecule has 1 heterocycles. The summed E-state index contributed by atoms with van der Waals surface area (Å²) in [5.41, 5.74) is 5.46. The van der Waals surface area contributed by atoms with Gasteiger partial charge in [-0.2, -0.15) is 0 Å². The van der Waals surface area contributed by atoms with Crippen LogP contribution in [0.5, 0.6) is 0 Å². The van der Waals surface area contributed by atoms with Gasteiger partial charge in [-0.1, -0.05) is 22.9 Å². The van der Waals surface area contributed by atoms with E-state index in [0.717, 1.165) is 19.6 Å². The molecule has 0 unspecified atom stereocenters. The van der Waals surface area contributed by atoms with Crippen molar-refractivity contribution < 1.29 is 0 Å². The highest BCUT2D eigenvalue weighted by atomic mass is 15.4. The number of aryl methyl sites for hydroxylation is 3. The fraction of sp³-hybridized carbons (Fsp3) is 0.429. The van der Waals surface area contributed by atoms with Crippen LogP contribution in [0.2, 0.25) is 0 Å². The molecule has 1 aromatic heterocycles. The Labute approximate surface area is 108 Å². The fourth-order valence-corrected chi connectivity index (χ4v) is 2.25. The van der Waals surface area contributed by atoms with Crippen LogP contribution in [0, 0.1) is 20.8 Å². The molecular formula is C14H20N4. The molecule has 0 saturated carbocycles. The lowest BCUT2D eigenvalue weighted by molar-refractivity contribution is 0.539. The molecule has 0 atom stereocenters. The molecular weight excluding hydrogens is 224 g/mol. The molecule has 0 aliphatic heterocycles. The monoisotopic (exact) mass is 244 g/mol. The normalized spacial score (nSPS) is 10.8. The van der Waals surface area contributed by atoms with Crippen LogP contribution in [-0.4, -0.2) is 21.5 Å². The molecule has 0 fully saturated rings. The molecule has 1 aromatic carbocycles. The summed E-state index contributed by atoms with van der Waals surface area (Å²) < 4.78 is 1.84. The van der Waals surface area contributed by atoms with Gasteiger partial charge < -0.3 is 5.32 Å². The Morgan fingerprint density at radius 2 is 1.89 bits per heavy atom. The molecule has 2 rings (SSSR count). The Kier molecular flexibility index (Phi) is 4.10. The van der Waals surface area contributed by atoms with Crippen molar-refractivity contribution >= 4 is 0 Å². The predicted molar refractivity (Wildman–Crippen MR) is 72.4 cm³/mol. The number of aromatic nitrogens is 3. The van der Waals surface area contributed by atoms with Gasteiger partial charge in [0.05, 0.1) is 12.7 Å². The van der Waals surface area contributed by atoms with E-state index in [4.69, 9.17) is 0 Å². The van der Waals surface area contributed by atoms with Crippen molar-refractivity contribution in [2.45, 2.75) is 33.9 Å². The third kappa shape index (κ3) is 3.17. The molecule has 4 heteroatoms. The third-order valence-electron chi connectivity index (χ3n) is 3.13. The lowest BCUT2D eigenvalue weighted by Crippen LogP contribution is -2.20. The van der Waals surface area contributed by atoms with E-state index in [1.165, 1.54) is 22.3 Å². The zero-order valence-electron chi connectivity index (χ0n) is 11.3. The van der Waals surface area contributed by atoms with Gasteiger partial charge >= 0.3 is 0 Å². The Hall–Kier alpha value is -1.68. The first kappa shape index (κ1) is 12.8. The minimum absolute atomic E-state index is 0.851. The molecule has 0 spiro atoms. The van der Waals surface area contributed by atoms with Crippen LogP contribution in [0.4, 0.5) is 0 Å². The zero-order valence-corrected chi connectivity index (χ0v) is 11.3. The van der Waals surface area contributed by atoms with Crippen LogP contribution in [0.25, 0.3) is 0 Å². The molecule has 0 aliphatic rings. The van der Waals surface area contributed by atoms with Gasteiger partial charge in [0, 0.05) is 19.3 Å². The average molecular weight is 244 g/mol. The maximum atomic E-state index is 3.93. The van der Waals surface area contributed by atoms with E-state index in [1.54, 1.807) is 6.20 Å². The fourth-order valence-electron chi connectivity index (χ4n) is 2.25. The Morgan fingerprint density at radius 1 is 1.17 bits per heavy atom. The van der Waals surface area contributed by atoms with Crippen molar-refractivity contribution in [2.75, 3.05) is 6.54 Å². The van der Waals surface area contributed by atoms with E-state index in [0.29, 0.717) is 0 Å². The first-order valence-corrected chi connectivity index (χ1v) is 6.28. The van der Waals surface area contributed by atoms with E-state index in [-0.39, 0.29) is 0 Å². The molecule has 18 heavy (non-hydrogen) atoms. The van der Waals surface area contributed by atoms with Crippen molar-refractivity contribution in [1.29, 1.82) is 0 Å². The van der Waals surface area contributed by atoms with Crippen LogP contribution in [0.1, 0.15) is 22.3 Å². The van der Waals surface area contributed by atoms with Gasteiger partial charge in [0.2, 0.25) is 0 Å². The predicted octanol–water partition coefficient (Wildman–Crippen LogP) is 1.99. The maximum Gasteiger partial charge on any atom is 0.0692 e. The highest BCUT2D eigenvalue weighted by molar-refractivity contribution is 5.37. The van der Waals surface area contributed by atoms with Gasteiger partial charge in [-0.05, 0) is 37.5 Å². The third-order valence-corrected chi connectivity index (χ3v) is 3.13. The first-order valence-electron chi connectivity index (χ1n) is 6.28. The van der Waals surface area contributed by atoms with Crippen LogP contribution in [0.3, 0.4) is 0 Å². The van der Waals surface area contributed by atoms with Crippen LogP contribution in [-0.2, 0) is 13.1 Å². The Balaban J connectivity index is 1.87. The minimum atomic E-state index is 0.851. The number of benzene rings is 1. The second-order valence-corrected chi connectivity index (χ2v) is 4.72. The molecule has 0 aliphatic carbocycles. The number of hydrogen-bond donors (Lipinski definition) is 1. The lowest BCUT2D eigenvalue weighted by Gasteiger charge is -2.12. The van der Waals surface area contributed by atoms with Gasteiger partial charge in [-0.25, -0.2) is 0 Å². The summed E-state index contributed by atoms with van der Waals surface area (Å²) in [6, 6.07) is 4.48. The van der Waals surface area contributed by atoms with Gasteiger partial charge in [0.15, 0.2) is 0 Å². The number of nitrogens with one attached hydrogen (secondary N) is 1. The zero-order chi connectivity index (χ0) is 13.0. The maximum absolute atomic E-state index is 3.93.